The molecule has 2 atom stereocenters. The third-order valence-corrected chi connectivity index (χ3v) is 13.1. The van der Waals surface area contributed by atoms with Crippen molar-refractivity contribution in [2.45, 2.75) is 22.5 Å². The van der Waals surface area contributed by atoms with Gasteiger partial charge in [-0.15, -0.1) is 11.8 Å². The second-order valence-electron chi connectivity index (χ2n) is 15.1. The smallest absolute Gasteiger partial charge is 0.0462 e. The van der Waals surface area contributed by atoms with Gasteiger partial charge in [-0.1, -0.05) is 183 Å². The monoisotopic (exact) mass is 747 g/mol. The van der Waals surface area contributed by atoms with Crippen LogP contribution in [0, 0.1) is 0 Å². The first-order valence-corrected chi connectivity index (χ1v) is 20.6. The van der Waals surface area contributed by atoms with Gasteiger partial charge in [-0.05, 0) is 110 Å². The normalized spacial score (nSPS) is 16.7. The third-order valence-electron chi connectivity index (χ3n) is 11.6. The van der Waals surface area contributed by atoms with Crippen molar-refractivity contribution in [3.8, 4) is 44.5 Å². The first kappa shape index (κ1) is 34.8. The molecule has 1 nitrogen and oxygen atoms in total. The van der Waals surface area contributed by atoms with Gasteiger partial charge in [0.2, 0.25) is 0 Å². The van der Waals surface area contributed by atoms with E-state index in [1.54, 1.807) is 0 Å². The molecule has 2 heteroatoms. The van der Waals surface area contributed by atoms with Crippen molar-refractivity contribution < 1.29 is 0 Å². The summed E-state index contributed by atoms with van der Waals surface area (Å²) in [6.07, 6.45) is 7.19. The van der Waals surface area contributed by atoms with Crippen molar-refractivity contribution in [1.82, 2.24) is 0 Å². The fraction of sp³-hybridized carbons (Fsp3) is 0.0545. The summed E-state index contributed by atoms with van der Waals surface area (Å²) < 4.78 is 0. The lowest BCUT2D eigenvalue weighted by Gasteiger charge is -2.31. The van der Waals surface area contributed by atoms with Gasteiger partial charge in [-0.3, -0.25) is 0 Å². The summed E-state index contributed by atoms with van der Waals surface area (Å²) in [6, 6.07) is 74.7. The minimum absolute atomic E-state index is 0.0532. The van der Waals surface area contributed by atoms with Crippen molar-refractivity contribution in [3.63, 3.8) is 0 Å². The van der Waals surface area contributed by atoms with Gasteiger partial charge in [0, 0.05) is 32.6 Å². The zero-order valence-corrected chi connectivity index (χ0v) is 32.6. The van der Waals surface area contributed by atoms with E-state index in [0.717, 1.165) is 17.1 Å². The van der Waals surface area contributed by atoms with E-state index in [1.165, 1.54) is 66.1 Å². The third kappa shape index (κ3) is 6.73. The Bertz CT molecular complexity index is 2720. The number of fused-ring (bicyclic) bond motifs is 3. The molecule has 0 spiro atoms. The molecule has 0 radical (unpaired) electrons. The minimum Gasteiger partial charge on any atom is -0.311 e. The second kappa shape index (κ2) is 14.8. The number of anilines is 3. The van der Waals surface area contributed by atoms with Gasteiger partial charge >= 0.3 is 0 Å². The van der Waals surface area contributed by atoms with E-state index in [-0.39, 0.29) is 5.41 Å². The molecular formula is C55H41NS. The summed E-state index contributed by atoms with van der Waals surface area (Å²) in [5.41, 5.74) is 17.1. The van der Waals surface area contributed by atoms with Crippen LogP contribution in [0.5, 0.6) is 0 Å². The molecule has 2 aliphatic rings. The average molecular weight is 748 g/mol. The van der Waals surface area contributed by atoms with Crippen molar-refractivity contribution in [1.29, 1.82) is 0 Å². The molecule has 0 amide bonds. The van der Waals surface area contributed by atoms with Gasteiger partial charge < -0.3 is 4.90 Å². The number of para-hydroxylation sites is 1. The molecule has 0 aromatic heterocycles. The molecule has 8 aromatic rings. The highest BCUT2D eigenvalue weighted by Crippen LogP contribution is 2.54. The molecule has 1 aliphatic heterocycles. The van der Waals surface area contributed by atoms with Crippen LogP contribution in [0.4, 0.5) is 17.1 Å². The molecule has 272 valence electrons. The van der Waals surface area contributed by atoms with E-state index in [0.29, 0.717) is 5.25 Å². The van der Waals surface area contributed by atoms with Crippen molar-refractivity contribution in [3.05, 3.63) is 236 Å². The number of benzene rings is 8. The SMILES string of the molecule is CC12C=C(c3ccccc3)C=CC1Sc1ccc(-c3ccc(-c4ccc(N(c5ccccc5)c5ccc(-c6ccc(-c7ccccc7)cc6)cc5)cc4)cc3)cc12. The van der Waals surface area contributed by atoms with Crippen LogP contribution in [-0.4, -0.2) is 5.25 Å². The maximum absolute atomic E-state index is 2.49. The summed E-state index contributed by atoms with van der Waals surface area (Å²) in [7, 11) is 0. The Balaban J connectivity index is 0.891. The largest absolute Gasteiger partial charge is 0.311 e. The van der Waals surface area contributed by atoms with Crippen LogP contribution in [0.1, 0.15) is 18.1 Å². The Morgan fingerprint density at radius 1 is 0.404 bits per heavy atom. The predicted molar refractivity (Wildman–Crippen MR) is 243 cm³/mol. The van der Waals surface area contributed by atoms with Crippen molar-refractivity contribution >= 4 is 34.4 Å². The molecule has 0 saturated heterocycles. The summed E-state index contributed by atoms with van der Waals surface area (Å²) in [5, 5.41) is 0.404. The Morgan fingerprint density at radius 2 is 0.789 bits per heavy atom. The highest BCUT2D eigenvalue weighted by Gasteiger charge is 2.43. The fourth-order valence-corrected chi connectivity index (χ4v) is 9.81. The van der Waals surface area contributed by atoms with E-state index in [9.17, 15) is 0 Å². The first-order chi connectivity index (χ1) is 28.1. The van der Waals surface area contributed by atoms with Gasteiger partial charge in [0.25, 0.3) is 0 Å². The van der Waals surface area contributed by atoms with Gasteiger partial charge in [-0.2, -0.15) is 0 Å². The van der Waals surface area contributed by atoms with Crippen LogP contribution in [0.15, 0.2) is 229 Å². The fourth-order valence-electron chi connectivity index (χ4n) is 8.39. The van der Waals surface area contributed by atoms with Crippen LogP contribution >= 0.6 is 11.8 Å². The van der Waals surface area contributed by atoms with E-state index in [2.05, 4.69) is 236 Å². The van der Waals surface area contributed by atoms with Crippen LogP contribution in [-0.2, 0) is 5.41 Å². The summed E-state index contributed by atoms with van der Waals surface area (Å²) in [5.74, 6) is 0. The number of hydrogen-bond acceptors (Lipinski definition) is 2. The van der Waals surface area contributed by atoms with Crippen LogP contribution in [0.3, 0.4) is 0 Å². The Labute approximate surface area is 340 Å². The molecule has 0 bridgehead atoms. The van der Waals surface area contributed by atoms with Crippen LogP contribution in [0.25, 0.3) is 50.1 Å². The maximum atomic E-state index is 2.49. The molecule has 0 fully saturated rings. The van der Waals surface area contributed by atoms with Crippen LogP contribution < -0.4 is 4.90 Å². The van der Waals surface area contributed by atoms with E-state index in [1.807, 2.05) is 11.8 Å². The molecule has 8 aromatic carbocycles. The zero-order chi connectivity index (χ0) is 38.2. The highest BCUT2D eigenvalue weighted by molar-refractivity contribution is 8.00. The number of rotatable bonds is 8. The van der Waals surface area contributed by atoms with Crippen LogP contribution in [0.2, 0.25) is 0 Å². The molecule has 0 saturated carbocycles. The minimum atomic E-state index is -0.0532. The van der Waals surface area contributed by atoms with E-state index in [4.69, 9.17) is 0 Å². The van der Waals surface area contributed by atoms with Gasteiger partial charge in [-0.25, -0.2) is 0 Å². The molecule has 1 heterocycles. The number of thioether (sulfide) groups is 1. The van der Waals surface area contributed by atoms with Gasteiger partial charge in [0.05, 0.1) is 0 Å². The van der Waals surface area contributed by atoms with Crippen molar-refractivity contribution in [2.75, 3.05) is 4.90 Å². The Hall–Kier alpha value is -6.61. The quantitative estimate of drug-likeness (QED) is 0.152. The molecule has 0 N–H and O–H groups in total. The number of allylic oxidation sites excluding steroid dienone is 3. The lowest BCUT2D eigenvalue weighted by molar-refractivity contribution is 0.622. The lowest BCUT2D eigenvalue weighted by atomic mass is 9.74. The molecule has 57 heavy (non-hydrogen) atoms. The topological polar surface area (TPSA) is 3.24 Å². The first-order valence-electron chi connectivity index (χ1n) is 19.7. The molecule has 2 unspecified atom stereocenters. The summed E-state index contributed by atoms with van der Waals surface area (Å²) in [6.45, 7) is 2.40. The lowest BCUT2D eigenvalue weighted by Crippen LogP contribution is -2.29. The molecular weight excluding hydrogens is 707 g/mol. The summed E-state index contributed by atoms with van der Waals surface area (Å²) in [4.78, 5) is 3.71. The van der Waals surface area contributed by atoms with Crippen molar-refractivity contribution in [2.24, 2.45) is 0 Å². The predicted octanol–water partition coefficient (Wildman–Crippen LogP) is 15.2. The maximum Gasteiger partial charge on any atom is 0.0462 e. The van der Waals surface area contributed by atoms with E-state index >= 15 is 0 Å². The standard InChI is InChI=1S/C55H41NS/c1-55-38-48(40-13-7-3-8-14-40)30-36-54(55)57-53-35-29-47(37-52(53)55)46-23-21-43(22-24-46)45-27-33-51(34-28-45)56(49-15-9-4-10-16-49)50-31-25-44(26-32-50)42-19-17-41(18-20-42)39-11-5-2-6-12-39/h2-38,54H,1H3. The van der Waals surface area contributed by atoms with E-state index < -0.39 is 0 Å². The Kier molecular flexibility index (Phi) is 9.05. The average Bonchev–Trinajstić information content (AvgIpc) is 3.59. The van der Waals surface area contributed by atoms with Gasteiger partial charge in [0.1, 0.15) is 0 Å². The van der Waals surface area contributed by atoms with Gasteiger partial charge in [0.15, 0.2) is 0 Å². The number of nitrogens with zero attached hydrogens (tertiary/aromatic N) is 1. The Morgan fingerprint density at radius 3 is 1.30 bits per heavy atom. The molecule has 10 rings (SSSR count). The number of hydrogen-bond donors (Lipinski definition) is 0. The second-order valence-corrected chi connectivity index (χ2v) is 16.3. The summed E-state index contributed by atoms with van der Waals surface area (Å²) >= 11 is 1.98. The molecule has 1 aliphatic carbocycles. The zero-order valence-electron chi connectivity index (χ0n) is 31.8. The highest BCUT2D eigenvalue weighted by atomic mass is 32.2.